The summed E-state index contributed by atoms with van der Waals surface area (Å²) < 4.78 is 38.3. The number of nitrogens with one attached hydrogen (secondary N) is 2. The Labute approximate surface area is 265 Å². The third-order valence-corrected chi connectivity index (χ3v) is 7.70. The van der Waals surface area contributed by atoms with Crippen LogP contribution in [0.3, 0.4) is 0 Å². The molecule has 9 nitrogen and oxygen atoms in total. The molecule has 0 saturated carbocycles. The number of carbonyl (C=O) groups is 3. The van der Waals surface area contributed by atoms with Crippen LogP contribution in [0.1, 0.15) is 60.5 Å². The number of carbonyl (C=O) groups excluding carboxylic acids is 3. The SMILES string of the molecule is CC(C(=O)NC(C(=O)N1CC(Oc2ccc(F)cc2)CC1CNCCc1ccc(F)cc1)C(C)(C)C)N(C)C(=O)OC(C)(C)C. The molecule has 2 aromatic carbocycles. The van der Waals surface area contributed by atoms with Crippen LogP contribution < -0.4 is 15.4 Å². The number of likely N-dealkylation sites (N-methyl/N-ethyl adjacent to an activating group) is 1. The maximum atomic E-state index is 14.2. The molecule has 2 aromatic rings. The Morgan fingerprint density at radius 2 is 1.56 bits per heavy atom. The second-order valence-corrected chi connectivity index (χ2v) is 13.7. The van der Waals surface area contributed by atoms with E-state index >= 15 is 0 Å². The number of likely N-dealkylation sites (tertiary alicyclic amines) is 1. The monoisotopic (exact) mass is 630 g/mol. The van der Waals surface area contributed by atoms with E-state index in [0.29, 0.717) is 31.7 Å². The second kappa shape index (κ2) is 15.0. The van der Waals surface area contributed by atoms with Gasteiger partial charge in [0.1, 0.15) is 41.2 Å². The summed E-state index contributed by atoms with van der Waals surface area (Å²) in [5.41, 5.74) is -0.398. The van der Waals surface area contributed by atoms with Gasteiger partial charge in [-0.05, 0) is 88.0 Å². The number of amides is 3. The fraction of sp³-hybridized carbons (Fsp3) is 0.559. The number of nitrogens with zero attached hydrogens (tertiary/aromatic N) is 2. The van der Waals surface area contributed by atoms with Crippen LogP contribution in [0.15, 0.2) is 48.5 Å². The highest BCUT2D eigenvalue weighted by molar-refractivity contribution is 5.91. The number of rotatable bonds is 11. The van der Waals surface area contributed by atoms with Crippen molar-refractivity contribution in [1.29, 1.82) is 0 Å². The molecule has 0 aromatic heterocycles. The van der Waals surface area contributed by atoms with E-state index in [0.717, 1.165) is 5.56 Å². The molecule has 45 heavy (non-hydrogen) atoms. The molecule has 1 fully saturated rings. The van der Waals surface area contributed by atoms with Crippen LogP contribution in [-0.2, 0) is 20.7 Å². The molecule has 1 aliphatic rings. The lowest BCUT2D eigenvalue weighted by atomic mass is 9.85. The van der Waals surface area contributed by atoms with Crippen molar-refractivity contribution < 1.29 is 32.6 Å². The van der Waals surface area contributed by atoms with E-state index < -0.39 is 35.1 Å². The van der Waals surface area contributed by atoms with Gasteiger partial charge in [-0.1, -0.05) is 32.9 Å². The molecule has 4 unspecified atom stereocenters. The highest BCUT2D eigenvalue weighted by Gasteiger charge is 2.43. The van der Waals surface area contributed by atoms with Gasteiger partial charge < -0.3 is 25.0 Å². The van der Waals surface area contributed by atoms with Crippen LogP contribution in [-0.4, -0.2) is 84.2 Å². The summed E-state index contributed by atoms with van der Waals surface area (Å²) in [6, 6.07) is 10.0. The first-order chi connectivity index (χ1) is 20.9. The van der Waals surface area contributed by atoms with Gasteiger partial charge in [0.2, 0.25) is 11.8 Å². The maximum absolute atomic E-state index is 14.2. The smallest absolute Gasteiger partial charge is 0.410 e. The lowest BCUT2D eigenvalue weighted by Gasteiger charge is -2.37. The van der Waals surface area contributed by atoms with E-state index in [1.165, 1.54) is 36.2 Å². The van der Waals surface area contributed by atoms with Crippen LogP contribution in [0.4, 0.5) is 13.6 Å². The lowest BCUT2D eigenvalue weighted by molar-refractivity contribution is -0.141. The minimum absolute atomic E-state index is 0.250. The summed E-state index contributed by atoms with van der Waals surface area (Å²) in [6.07, 6.45) is 0.211. The second-order valence-electron chi connectivity index (χ2n) is 13.7. The topological polar surface area (TPSA) is 100 Å². The molecule has 4 atom stereocenters. The molecule has 1 aliphatic heterocycles. The molecule has 0 bridgehead atoms. The number of ether oxygens (including phenoxy) is 2. The van der Waals surface area contributed by atoms with Crippen molar-refractivity contribution in [2.24, 2.45) is 5.41 Å². The molecule has 248 valence electrons. The van der Waals surface area contributed by atoms with Crippen LogP contribution >= 0.6 is 0 Å². The lowest BCUT2D eigenvalue weighted by Crippen LogP contribution is -2.59. The molecule has 1 saturated heterocycles. The van der Waals surface area contributed by atoms with Gasteiger partial charge in [-0.25, -0.2) is 13.6 Å². The van der Waals surface area contributed by atoms with Crippen molar-refractivity contribution in [2.75, 3.05) is 26.7 Å². The first-order valence-electron chi connectivity index (χ1n) is 15.4. The predicted molar refractivity (Wildman–Crippen MR) is 169 cm³/mol. The van der Waals surface area contributed by atoms with Crippen molar-refractivity contribution in [3.63, 3.8) is 0 Å². The van der Waals surface area contributed by atoms with Gasteiger partial charge >= 0.3 is 6.09 Å². The Morgan fingerprint density at radius 1 is 0.978 bits per heavy atom. The zero-order chi connectivity index (χ0) is 33.5. The van der Waals surface area contributed by atoms with E-state index in [1.807, 2.05) is 20.8 Å². The van der Waals surface area contributed by atoms with Crippen molar-refractivity contribution in [2.45, 2.75) is 91.1 Å². The summed E-state index contributed by atoms with van der Waals surface area (Å²) in [7, 11) is 1.48. The molecule has 0 spiro atoms. The molecule has 3 rings (SSSR count). The van der Waals surface area contributed by atoms with E-state index in [-0.39, 0.29) is 36.2 Å². The van der Waals surface area contributed by atoms with E-state index in [1.54, 1.807) is 56.9 Å². The summed E-state index contributed by atoms with van der Waals surface area (Å²) >= 11 is 0. The van der Waals surface area contributed by atoms with Gasteiger partial charge in [0.15, 0.2) is 0 Å². The highest BCUT2D eigenvalue weighted by Crippen LogP contribution is 2.28. The average molecular weight is 631 g/mol. The van der Waals surface area contributed by atoms with Gasteiger partial charge in [-0.3, -0.25) is 14.5 Å². The Balaban J connectivity index is 1.74. The number of benzene rings is 2. The van der Waals surface area contributed by atoms with Crippen LogP contribution in [0, 0.1) is 17.0 Å². The molecular formula is C34H48F2N4O5. The average Bonchev–Trinajstić information content (AvgIpc) is 3.35. The fourth-order valence-electron chi connectivity index (χ4n) is 5.03. The van der Waals surface area contributed by atoms with Crippen molar-refractivity contribution in [3.8, 4) is 5.75 Å². The standard InChI is InChI=1S/C34H48F2N4O5/c1-22(39(8)32(43)45-34(5,6)7)30(41)38-29(33(2,3)4)31(42)40-21-28(44-27-15-13-25(36)14-16-27)19-26(40)20-37-18-17-23-9-11-24(35)12-10-23/h9-16,22,26,28-29,37H,17-21H2,1-8H3,(H,38,41). The number of hydrogen-bond acceptors (Lipinski definition) is 6. The Kier molecular flexibility index (Phi) is 11.9. The minimum atomic E-state index is -0.897. The van der Waals surface area contributed by atoms with Crippen LogP contribution in [0.2, 0.25) is 0 Å². The van der Waals surface area contributed by atoms with Gasteiger partial charge in [0, 0.05) is 26.1 Å². The zero-order valence-electron chi connectivity index (χ0n) is 27.7. The quantitative estimate of drug-likeness (QED) is 0.342. The first kappa shape index (κ1) is 35.7. The maximum Gasteiger partial charge on any atom is 0.410 e. The Hall–Kier alpha value is -3.73. The minimum Gasteiger partial charge on any atom is -0.489 e. The molecule has 11 heteroatoms. The molecule has 0 radical (unpaired) electrons. The molecular weight excluding hydrogens is 582 g/mol. The summed E-state index contributed by atoms with van der Waals surface area (Å²) in [5, 5.41) is 6.32. The number of hydrogen-bond donors (Lipinski definition) is 2. The first-order valence-corrected chi connectivity index (χ1v) is 15.4. The van der Waals surface area contributed by atoms with Gasteiger partial charge in [0.05, 0.1) is 6.54 Å². The Morgan fingerprint density at radius 3 is 2.11 bits per heavy atom. The van der Waals surface area contributed by atoms with Gasteiger partial charge in [0.25, 0.3) is 0 Å². The van der Waals surface area contributed by atoms with Crippen molar-refractivity contribution in [3.05, 3.63) is 65.7 Å². The molecule has 0 aliphatic carbocycles. The summed E-state index contributed by atoms with van der Waals surface area (Å²) in [6.45, 7) is 13.8. The van der Waals surface area contributed by atoms with E-state index in [9.17, 15) is 23.2 Å². The third kappa shape index (κ3) is 10.7. The van der Waals surface area contributed by atoms with Crippen molar-refractivity contribution >= 4 is 17.9 Å². The summed E-state index contributed by atoms with van der Waals surface area (Å²) in [4.78, 5) is 43.1. The molecule has 2 N–H and O–H groups in total. The fourth-order valence-corrected chi connectivity index (χ4v) is 5.03. The highest BCUT2D eigenvalue weighted by atomic mass is 19.1. The van der Waals surface area contributed by atoms with Gasteiger partial charge in [-0.15, -0.1) is 0 Å². The third-order valence-electron chi connectivity index (χ3n) is 7.70. The van der Waals surface area contributed by atoms with Gasteiger partial charge in [-0.2, -0.15) is 0 Å². The van der Waals surface area contributed by atoms with Crippen LogP contribution in [0.25, 0.3) is 0 Å². The van der Waals surface area contributed by atoms with E-state index in [4.69, 9.17) is 9.47 Å². The van der Waals surface area contributed by atoms with Crippen molar-refractivity contribution in [1.82, 2.24) is 20.4 Å². The largest absolute Gasteiger partial charge is 0.489 e. The van der Waals surface area contributed by atoms with E-state index in [2.05, 4.69) is 10.6 Å². The Bertz CT molecular complexity index is 1290. The normalized spacial score (nSPS) is 18.2. The molecule has 3 amide bonds. The zero-order valence-corrected chi connectivity index (χ0v) is 27.7. The van der Waals surface area contributed by atoms with Crippen LogP contribution in [0.5, 0.6) is 5.75 Å². The summed E-state index contributed by atoms with van der Waals surface area (Å²) in [5.74, 6) is -0.907. The predicted octanol–water partition coefficient (Wildman–Crippen LogP) is 4.93. The molecule has 1 heterocycles. The number of halogens is 2.